The summed E-state index contributed by atoms with van der Waals surface area (Å²) in [7, 11) is 0. The summed E-state index contributed by atoms with van der Waals surface area (Å²) in [6.45, 7) is 10.1. The van der Waals surface area contributed by atoms with Gasteiger partial charge in [0.15, 0.2) is 0 Å². The lowest BCUT2D eigenvalue weighted by atomic mass is 9.95. The van der Waals surface area contributed by atoms with Crippen LogP contribution in [0.4, 0.5) is 5.69 Å². The van der Waals surface area contributed by atoms with Gasteiger partial charge in [0, 0.05) is 47.8 Å². The maximum Gasteiger partial charge on any atom is 0.241 e. The van der Waals surface area contributed by atoms with E-state index in [1.807, 2.05) is 24.3 Å². The van der Waals surface area contributed by atoms with Gasteiger partial charge in [-0.2, -0.15) is 4.98 Å². The molecule has 0 saturated carbocycles. The zero-order valence-electron chi connectivity index (χ0n) is 20.4. The fourth-order valence-electron chi connectivity index (χ4n) is 5.10. The number of likely N-dealkylation sites (tertiary alicyclic amines) is 1. The van der Waals surface area contributed by atoms with E-state index in [9.17, 15) is 4.79 Å². The van der Waals surface area contributed by atoms with Crippen molar-refractivity contribution in [2.45, 2.75) is 33.2 Å². The first kappa shape index (κ1) is 24.0. The van der Waals surface area contributed by atoms with Crippen LogP contribution in [0.2, 0.25) is 0 Å². The lowest BCUT2D eigenvalue weighted by Crippen LogP contribution is -2.51. The van der Waals surface area contributed by atoms with Crippen LogP contribution in [-0.2, 0) is 11.3 Å². The van der Waals surface area contributed by atoms with Gasteiger partial charge in [0.25, 0.3) is 0 Å². The number of nitrogens with zero attached hydrogens (tertiary/aromatic N) is 5. The molecule has 0 N–H and O–H groups in total. The molecule has 35 heavy (non-hydrogen) atoms. The number of aryl methyl sites for hydroxylation is 1. The molecule has 3 heterocycles. The highest BCUT2D eigenvalue weighted by Crippen LogP contribution is 2.26. The van der Waals surface area contributed by atoms with Gasteiger partial charge in [0.05, 0.1) is 6.54 Å². The first-order valence-electron chi connectivity index (χ1n) is 12.4. The third-order valence-electron chi connectivity index (χ3n) is 7.35. The Balaban J connectivity index is 1.10. The van der Waals surface area contributed by atoms with Gasteiger partial charge in [0.1, 0.15) is 0 Å². The maximum absolute atomic E-state index is 13.2. The third kappa shape index (κ3) is 5.43. The van der Waals surface area contributed by atoms with Gasteiger partial charge in [-0.1, -0.05) is 45.4 Å². The van der Waals surface area contributed by atoms with Crippen molar-refractivity contribution in [1.82, 2.24) is 19.9 Å². The lowest BCUT2D eigenvalue weighted by molar-refractivity contribution is -0.137. The topological polar surface area (TPSA) is 65.7 Å². The Hall–Kier alpha value is -2.71. The third-order valence-corrected chi connectivity index (χ3v) is 7.85. The highest BCUT2D eigenvalue weighted by molar-refractivity contribution is 9.10. The number of carbonyl (C=O) groups is 1. The van der Waals surface area contributed by atoms with Gasteiger partial charge in [0.2, 0.25) is 17.6 Å². The van der Waals surface area contributed by atoms with Crippen molar-refractivity contribution in [2.24, 2.45) is 5.92 Å². The Bertz CT molecular complexity index is 1180. The number of carbonyl (C=O) groups excluding carboxylic acids is 1. The van der Waals surface area contributed by atoms with Crippen LogP contribution >= 0.6 is 15.9 Å². The van der Waals surface area contributed by atoms with Gasteiger partial charge in [-0.05, 0) is 69.1 Å². The number of benzene rings is 2. The number of hydrogen-bond acceptors (Lipinski definition) is 6. The number of anilines is 1. The van der Waals surface area contributed by atoms with E-state index in [4.69, 9.17) is 4.52 Å². The number of aromatic nitrogens is 2. The summed E-state index contributed by atoms with van der Waals surface area (Å²) in [4.78, 5) is 24.6. The van der Waals surface area contributed by atoms with Crippen molar-refractivity contribution in [2.75, 3.05) is 44.2 Å². The summed E-state index contributed by atoms with van der Waals surface area (Å²) in [5.74, 6) is 1.65. The SMILES string of the molecule is Cc1cccc(N2CCN(C(=O)C3CCN(Cc4nc(-c5cccc(Br)c5)no4)CC3)CC2)c1C. The van der Waals surface area contributed by atoms with E-state index in [1.54, 1.807) is 0 Å². The normalized spacial score (nSPS) is 17.7. The summed E-state index contributed by atoms with van der Waals surface area (Å²) < 4.78 is 6.48. The van der Waals surface area contributed by atoms with Crippen molar-refractivity contribution < 1.29 is 9.32 Å². The Morgan fingerprint density at radius 1 is 1.03 bits per heavy atom. The van der Waals surface area contributed by atoms with E-state index < -0.39 is 0 Å². The summed E-state index contributed by atoms with van der Waals surface area (Å²) in [5, 5.41) is 4.14. The predicted octanol–water partition coefficient (Wildman–Crippen LogP) is 4.68. The molecule has 8 heteroatoms. The number of rotatable bonds is 5. The highest BCUT2D eigenvalue weighted by atomic mass is 79.9. The molecule has 2 saturated heterocycles. The van der Waals surface area contributed by atoms with Crippen molar-refractivity contribution in [3.63, 3.8) is 0 Å². The molecule has 0 bridgehead atoms. The Morgan fingerprint density at radius 2 is 1.77 bits per heavy atom. The standard InChI is InChI=1S/C27H32BrN5O2/c1-19-5-3-8-24(20(19)2)32-13-15-33(16-14-32)27(34)21-9-11-31(12-10-21)18-25-29-26(30-35-25)22-6-4-7-23(28)17-22/h3-8,17,21H,9-16,18H2,1-2H3. The maximum atomic E-state index is 13.2. The van der Waals surface area contributed by atoms with Crippen LogP contribution in [0.25, 0.3) is 11.4 Å². The van der Waals surface area contributed by atoms with E-state index in [0.29, 0.717) is 24.2 Å². The average molecular weight is 538 g/mol. The summed E-state index contributed by atoms with van der Waals surface area (Å²) in [5.41, 5.74) is 4.88. The van der Waals surface area contributed by atoms with Crippen molar-refractivity contribution >= 4 is 27.5 Å². The molecule has 1 aromatic heterocycles. The Labute approximate surface area is 215 Å². The van der Waals surface area contributed by atoms with Crippen molar-refractivity contribution in [1.29, 1.82) is 0 Å². The summed E-state index contributed by atoms with van der Waals surface area (Å²) in [6, 6.07) is 14.4. The Morgan fingerprint density at radius 3 is 2.51 bits per heavy atom. The van der Waals surface area contributed by atoms with Gasteiger partial charge < -0.3 is 14.3 Å². The molecule has 2 aromatic carbocycles. The lowest BCUT2D eigenvalue weighted by Gasteiger charge is -2.39. The van der Waals surface area contributed by atoms with Gasteiger partial charge in [-0.25, -0.2) is 0 Å². The fraction of sp³-hybridized carbons (Fsp3) is 0.444. The van der Waals surface area contributed by atoms with Gasteiger partial charge in [-0.3, -0.25) is 9.69 Å². The van der Waals surface area contributed by atoms with Crippen molar-refractivity contribution in [3.05, 3.63) is 64.0 Å². The second-order valence-electron chi connectivity index (χ2n) is 9.60. The number of piperazine rings is 1. The van der Waals surface area contributed by atoms with Crippen LogP contribution < -0.4 is 4.90 Å². The molecule has 2 fully saturated rings. The van der Waals surface area contributed by atoms with Crippen molar-refractivity contribution in [3.8, 4) is 11.4 Å². The minimum Gasteiger partial charge on any atom is -0.368 e. The van der Waals surface area contributed by atoms with Gasteiger partial charge in [-0.15, -0.1) is 0 Å². The zero-order valence-corrected chi connectivity index (χ0v) is 22.0. The molecule has 2 aliphatic rings. The average Bonchev–Trinajstić information content (AvgIpc) is 3.34. The van der Waals surface area contributed by atoms with E-state index in [1.165, 1.54) is 16.8 Å². The fourth-order valence-corrected chi connectivity index (χ4v) is 5.50. The van der Waals surface area contributed by atoms with Gasteiger partial charge >= 0.3 is 0 Å². The predicted molar refractivity (Wildman–Crippen MR) is 140 cm³/mol. The van der Waals surface area contributed by atoms with Crippen LogP contribution in [-0.4, -0.2) is 65.1 Å². The van der Waals surface area contributed by atoms with E-state index in [2.05, 4.69) is 72.8 Å². The summed E-state index contributed by atoms with van der Waals surface area (Å²) >= 11 is 3.48. The first-order valence-corrected chi connectivity index (χ1v) is 13.2. The molecule has 3 aromatic rings. The first-order chi connectivity index (χ1) is 17.0. The second kappa shape index (κ2) is 10.5. The minimum atomic E-state index is 0.110. The smallest absolute Gasteiger partial charge is 0.241 e. The van der Waals surface area contributed by atoms with E-state index in [0.717, 1.165) is 62.1 Å². The van der Waals surface area contributed by atoms with Crippen LogP contribution in [0, 0.1) is 19.8 Å². The molecule has 1 amide bonds. The highest BCUT2D eigenvalue weighted by Gasteiger charge is 2.31. The van der Waals surface area contributed by atoms with E-state index >= 15 is 0 Å². The number of piperidine rings is 1. The number of hydrogen-bond donors (Lipinski definition) is 0. The zero-order chi connectivity index (χ0) is 24.4. The van der Waals surface area contributed by atoms with Crippen LogP contribution in [0.1, 0.15) is 29.9 Å². The molecular weight excluding hydrogens is 506 g/mol. The second-order valence-corrected chi connectivity index (χ2v) is 10.5. The molecule has 5 rings (SSSR count). The number of amides is 1. The number of halogens is 1. The molecule has 0 unspecified atom stereocenters. The quantitative estimate of drug-likeness (QED) is 0.470. The monoisotopic (exact) mass is 537 g/mol. The summed E-state index contributed by atoms with van der Waals surface area (Å²) in [6.07, 6.45) is 1.76. The molecule has 2 aliphatic heterocycles. The molecule has 7 nitrogen and oxygen atoms in total. The molecule has 184 valence electrons. The molecule has 0 spiro atoms. The largest absolute Gasteiger partial charge is 0.368 e. The molecular formula is C27H32BrN5O2. The van der Waals surface area contributed by atoms with E-state index in [-0.39, 0.29) is 5.92 Å². The van der Waals surface area contributed by atoms with Crippen LogP contribution in [0.15, 0.2) is 51.5 Å². The van der Waals surface area contributed by atoms with Crippen LogP contribution in [0.3, 0.4) is 0 Å². The minimum absolute atomic E-state index is 0.110. The Kier molecular flexibility index (Phi) is 7.20. The molecule has 0 aliphatic carbocycles. The molecule has 0 atom stereocenters. The molecule has 0 radical (unpaired) electrons. The van der Waals surface area contributed by atoms with Crippen LogP contribution in [0.5, 0.6) is 0 Å².